The Morgan fingerprint density at radius 3 is 2.48 bits per heavy atom. The van der Waals surface area contributed by atoms with Crippen LogP contribution in [0.15, 0.2) is 48.8 Å². The zero-order chi connectivity index (χ0) is 29.9. The molecule has 0 atom stereocenters. The SMILES string of the molecule is COc1cc2nccc(Oc3ccc(NC(=O)c4nn(CCOC5CC5)cc4OCC(F)(F)F)cc3F)c2cc1OC. The van der Waals surface area contributed by atoms with Crippen LogP contribution in [0.5, 0.6) is 28.7 Å². The van der Waals surface area contributed by atoms with Crippen LogP contribution < -0.4 is 24.3 Å². The summed E-state index contributed by atoms with van der Waals surface area (Å²) in [5, 5.41) is 7.04. The number of nitrogens with one attached hydrogen (secondary N) is 1. The van der Waals surface area contributed by atoms with Gasteiger partial charge in [-0.25, -0.2) is 4.39 Å². The molecule has 1 amide bonds. The Labute approximate surface area is 237 Å². The number of alkyl halides is 3. The molecule has 0 bridgehead atoms. The zero-order valence-electron chi connectivity index (χ0n) is 22.5. The van der Waals surface area contributed by atoms with E-state index in [1.807, 2.05) is 0 Å². The maximum Gasteiger partial charge on any atom is 0.422 e. The molecule has 5 rings (SSSR count). The molecular weight excluding hydrogens is 564 g/mol. The van der Waals surface area contributed by atoms with Crippen molar-refractivity contribution in [3.63, 3.8) is 0 Å². The molecule has 1 saturated carbocycles. The maximum atomic E-state index is 15.1. The summed E-state index contributed by atoms with van der Waals surface area (Å²) in [6.45, 7) is -1.14. The number of halogens is 4. The number of ether oxygens (including phenoxy) is 5. The number of benzene rings is 2. The lowest BCUT2D eigenvalue weighted by molar-refractivity contribution is -0.153. The van der Waals surface area contributed by atoms with Gasteiger partial charge in [0.15, 0.2) is 41.1 Å². The third-order valence-corrected chi connectivity index (χ3v) is 6.15. The molecule has 1 aliphatic rings. The van der Waals surface area contributed by atoms with Gasteiger partial charge in [0.05, 0.1) is 45.2 Å². The van der Waals surface area contributed by atoms with E-state index in [0.717, 1.165) is 18.9 Å². The topological polar surface area (TPSA) is 106 Å². The lowest BCUT2D eigenvalue weighted by Crippen LogP contribution is -2.21. The van der Waals surface area contributed by atoms with Gasteiger partial charge in [-0.2, -0.15) is 18.3 Å². The van der Waals surface area contributed by atoms with E-state index in [2.05, 4.69) is 15.4 Å². The molecule has 4 aromatic rings. The maximum absolute atomic E-state index is 15.1. The normalized spacial score (nSPS) is 13.2. The van der Waals surface area contributed by atoms with Crippen molar-refractivity contribution < 1.29 is 46.0 Å². The Morgan fingerprint density at radius 1 is 1.02 bits per heavy atom. The molecule has 10 nitrogen and oxygen atoms in total. The second kappa shape index (κ2) is 12.1. The highest BCUT2D eigenvalue weighted by Gasteiger charge is 2.30. The molecule has 0 radical (unpaired) electrons. The van der Waals surface area contributed by atoms with Crippen molar-refractivity contribution in [1.82, 2.24) is 14.8 Å². The number of hydrogen-bond donors (Lipinski definition) is 1. The first-order valence-corrected chi connectivity index (χ1v) is 12.8. The van der Waals surface area contributed by atoms with Crippen LogP contribution in [0.3, 0.4) is 0 Å². The fraction of sp³-hybridized carbons (Fsp3) is 0.321. The highest BCUT2D eigenvalue weighted by atomic mass is 19.4. The molecule has 222 valence electrons. The minimum atomic E-state index is -4.62. The van der Waals surface area contributed by atoms with Crippen LogP contribution in [0.25, 0.3) is 10.9 Å². The Kier molecular flexibility index (Phi) is 8.34. The number of fused-ring (bicyclic) bond motifs is 1. The highest BCUT2D eigenvalue weighted by Crippen LogP contribution is 2.37. The molecule has 0 aliphatic heterocycles. The van der Waals surface area contributed by atoms with Gasteiger partial charge >= 0.3 is 6.18 Å². The summed E-state index contributed by atoms with van der Waals surface area (Å²) in [5.41, 5.74) is 0.153. The summed E-state index contributed by atoms with van der Waals surface area (Å²) in [4.78, 5) is 17.2. The van der Waals surface area contributed by atoms with Crippen molar-refractivity contribution in [1.29, 1.82) is 0 Å². The summed E-state index contributed by atoms with van der Waals surface area (Å²) in [5.74, 6) is -1.03. The molecule has 14 heteroatoms. The largest absolute Gasteiger partial charge is 0.493 e. The summed E-state index contributed by atoms with van der Waals surface area (Å²) in [6.07, 6.45) is 0.145. The standard InChI is InChI=1S/C28H26F4N4O6/c1-38-23-12-18-20(13-24(23)39-2)33-8-7-21(18)42-22-6-3-16(11-19(22)29)34-27(37)26-25(41-15-28(30,31)32)14-36(35-26)9-10-40-17-4-5-17/h3,6-8,11-14,17H,4-5,9-10,15H2,1-2H3,(H,34,37). The Bertz CT molecular complexity index is 1590. The van der Waals surface area contributed by atoms with Crippen molar-refractivity contribution in [2.75, 3.05) is 32.8 Å². The smallest absolute Gasteiger partial charge is 0.422 e. The summed E-state index contributed by atoms with van der Waals surface area (Å²) in [7, 11) is 2.97. The van der Waals surface area contributed by atoms with E-state index in [1.165, 1.54) is 43.4 Å². The first-order chi connectivity index (χ1) is 20.1. The Morgan fingerprint density at radius 2 is 1.79 bits per heavy atom. The van der Waals surface area contributed by atoms with E-state index in [-0.39, 0.29) is 42.1 Å². The predicted octanol–water partition coefficient (Wildman–Crippen LogP) is 5.75. The van der Waals surface area contributed by atoms with E-state index in [9.17, 15) is 18.0 Å². The second-order valence-corrected chi connectivity index (χ2v) is 9.31. The van der Waals surface area contributed by atoms with Crippen molar-refractivity contribution in [2.24, 2.45) is 0 Å². The van der Waals surface area contributed by atoms with Gasteiger partial charge in [-0.05, 0) is 37.1 Å². The number of hydrogen-bond acceptors (Lipinski definition) is 8. The number of methoxy groups -OCH3 is 2. The van der Waals surface area contributed by atoms with Gasteiger partial charge in [0.25, 0.3) is 5.91 Å². The molecule has 0 saturated heterocycles. The molecule has 2 aromatic carbocycles. The van der Waals surface area contributed by atoms with E-state index in [1.54, 1.807) is 18.2 Å². The van der Waals surface area contributed by atoms with E-state index < -0.39 is 24.5 Å². The lowest BCUT2D eigenvalue weighted by Gasteiger charge is -2.13. The number of rotatable bonds is 12. The van der Waals surface area contributed by atoms with Crippen molar-refractivity contribution >= 4 is 22.5 Å². The van der Waals surface area contributed by atoms with E-state index in [0.29, 0.717) is 28.2 Å². The second-order valence-electron chi connectivity index (χ2n) is 9.31. The van der Waals surface area contributed by atoms with Gasteiger partial charge in [-0.3, -0.25) is 14.5 Å². The monoisotopic (exact) mass is 590 g/mol. The van der Waals surface area contributed by atoms with Gasteiger partial charge in [-0.1, -0.05) is 0 Å². The molecule has 0 spiro atoms. The highest BCUT2D eigenvalue weighted by molar-refractivity contribution is 6.04. The molecule has 1 fully saturated rings. The average molecular weight is 591 g/mol. The number of carbonyl (C=O) groups excluding carboxylic acids is 1. The molecule has 1 aliphatic carbocycles. The Hall–Kier alpha value is -4.59. The molecule has 2 heterocycles. The fourth-order valence-electron chi connectivity index (χ4n) is 3.99. The third kappa shape index (κ3) is 7.00. The van der Waals surface area contributed by atoms with Crippen molar-refractivity contribution in [3.05, 3.63) is 60.3 Å². The number of pyridine rings is 1. The van der Waals surface area contributed by atoms with Crippen LogP contribution in [0.2, 0.25) is 0 Å². The minimum absolute atomic E-state index is 0.0178. The predicted molar refractivity (Wildman–Crippen MR) is 142 cm³/mol. The third-order valence-electron chi connectivity index (χ3n) is 6.15. The van der Waals surface area contributed by atoms with E-state index >= 15 is 4.39 Å². The van der Waals surface area contributed by atoms with Gasteiger partial charge < -0.3 is 29.0 Å². The van der Waals surface area contributed by atoms with Crippen LogP contribution in [-0.2, 0) is 11.3 Å². The minimum Gasteiger partial charge on any atom is -0.493 e. The van der Waals surface area contributed by atoms with Crippen LogP contribution in [0, 0.1) is 5.82 Å². The number of aromatic nitrogens is 3. The first-order valence-electron chi connectivity index (χ1n) is 12.8. The molecule has 2 aromatic heterocycles. The number of anilines is 1. The van der Waals surface area contributed by atoms with Gasteiger partial charge in [0.1, 0.15) is 5.75 Å². The molecule has 42 heavy (non-hydrogen) atoms. The van der Waals surface area contributed by atoms with Crippen LogP contribution >= 0.6 is 0 Å². The van der Waals surface area contributed by atoms with Crippen molar-refractivity contribution in [3.8, 4) is 28.7 Å². The average Bonchev–Trinajstić information content (AvgIpc) is 3.69. The number of carbonyl (C=O) groups is 1. The first kappa shape index (κ1) is 28.9. The number of amides is 1. The number of nitrogens with zero attached hydrogens (tertiary/aromatic N) is 3. The molecule has 1 N–H and O–H groups in total. The fourth-order valence-corrected chi connectivity index (χ4v) is 3.99. The van der Waals surface area contributed by atoms with Gasteiger partial charge in [0.2, 0.25) is 0 Å². The lowest BCUT2D eigenvalue weighted by atomic mass is 10.2. The summed E-state index contributed by atoms with van der Waals surface area (Å²) >= 11 is 0. The Balaban J connectivity index is 1.32. The van der Waals surface area contributed by atoms with Crippen LogP contribution in [-0.4, -0.2) is 60.4 Å². The quantitative estimate of drug-likeness (QED) is 0.208. The van der Waals surface area contributed by atoms with Gasteiger partial charge in [-0.15, -0.1) is 0 Å². The summed E-state index contributed by atoms with van der Waals surface area (Å²) in [6, 6.07) is 8.55. The van der Waals surface area contributed by atoms with Gasteiger partial charge in [0, 0.05) is 29.4 Å². The van der Waals surface area contributed by atoms with E-state index in [4.69, 9.17) is 23.7 Å². The molecule has 0 unspecified atom stereocenters. The van der Waals surface area contributed by atoms with Crippen molar-refractivity contribution in [2.45, 2.75) is 31.7 Å². The summed E-state index contributed by atoms with van der Waals surface area (Å²) < 4.78 is 81.5. The van der Waals surface area contributed by atoms with Crippen LogP contribution in [0.4, 0.5) is 23.2 Å². The molecular formula is C28H26F4N4O6. The van der Waals surface area contributed by atoms with Crippen LogP contribution in [0.1, 0.15) is 23.3 Å². The zero-order valence-corrected chi connectivity index (χ0v) is 22.5.